The number of nitrogens with one attached hydrogen (secondary N) is 1. The zero-order valence-corrected chi connectivity index (χ0v) is 13.4. The number of aromatic nitrogens is 2. The van der Waals surface area contributed by atoms with Crippen LogP contribution in [0.4, 0.5) is 0 Å². The molecular weight excluding hydrogens is 294 g/mol. The second-order valence-electron chi connectivity index (χ2n) is 4.28. The molecule has 1 rings (SSSR count). The van der Waals surface area contributed by atoms with E-state index < -0.39 is 0 Å². The molecule has 104 valence electrons. The van der Waals surface area contributed by atoms with E-state index in [9.17, 15) is 0 Å². The minimum Gasteiger partial charge on any atom is -0.380 e. The third-order valence-electron chi connectivity index (χ3n) is 2.91. The molecule has 0 saturated carbocycles. The van der Waals surface area contributed by atoms with Gasteiger partial charge in [0.1, 0.15) is 0 Å². The molecule has 0 saturated heterocycles. The molecule has 1 aromatic heterocycles. The lowest BCUT2D eigenvalue weighted by molar-refractivity contribution is 0.122. The second kappa shape index (κ2) is 7.92. The number of rotatable bonds is 8. The van der Waals surface area contributed by atoms with Crippen LogP contribution in [0.25, 0.3) is 0 Å². The van der Waals surface area contributed by atoms with E-state index in [1.165, 1.54) is 5.69 Å². The van der Waals surface area contributed by atoms with Gasteiger partial charge in [-0.1, -0.05) is 6.92 Å². The lowest BCUT2D eigenvalue weighted by atomic mass is 10.1. The predicted octanol–water partition coefficient (Wildman–Crippen LogP) is 2.53. The average molecular weight is 318 g/mol. The van der Waals surface area contributed by atoms with Gasteiger partial charge in [-0.2, -0.15) is 5.10 Å². The van der Waals surface area contributed by atoms with Crippen molar-refractivity contribution in [3.8, 4) is 0 Å². The third-order valence-corrected chi connectivity index (χ3v) is 3.94. The highest BCUT2D eigenvalue weighted by Gasteiger charge is 2.17. The van der Waals surface area contributed by atoms with Crippen LogP contribution in [-0.4, -0.2) is 35.6 Å². The maximum Gasteiger partial charge on any atom is 0.0738 e. The van der Waals surface area contributed by atoms with E-state index in [1.807, 2.05) is 13.8 Å². The minimum atomic E-state index is 0.340. The van der Waals surface area contributed by atoms with Crippen LogP contribution < -0.4 is 5.32 Å². The van der Waals surface area contributed by atoms with Gasteiger partial charge in [0.05, 0.1) is 22.5 Å². The van der Waals surface area contributed by atoms with Gasteiger partial charge >= 0.3 is 0 Å². The van der Waals surface area contributed by atoms with Gasteiger partial charge in [-0.3, -0.25) is 4.68 Å². The summed E-state index contributed by atoms with van der Waals surface area (Å²) in [6.45, 7) is 11.6. The molecule has 1 unspecified atom stereocenters. The monoisotopic (exact) mass is 317 g/mol. The Morgan fingerprint density at radius 2 is 2.11 bits per heavy atom. The Balaban J connectivity index is 2.78. The first-order valence-corrected chi connectivity index (χ1v) is 7.46. The van der Waals surface area contributed by atoms with E-state index in [0.717, 1.165) is 42.9 Å². The van der Waals surface area contributed by atoms with E-state index in [1.54, 1.807) is 0 Å². The number of halogens is 1. The Hall–Kier alpha value is -0.390. The molecule has 0 amide bonds. The molecule has 1 aromatic rings. The lowest BCUT2D eigenvalue weighted by Crippen LogP contribution is -2.36. The Bertz CT molecular complexity index is 365. The molecule has 1 N–H and O–H groups in total. The fourth-order valence-electron chi connectivity index (χ4n) is 2.04. The number of likely N-dealkylation sites (N-methyl/N-ethyl adjacent to an activating group) is 1. The molecule has 5 heteroatoms. The van der Waals surface area contributed by atoms with Crippen molar-refractivity contribution >= 4 is 15.9 Å². The van der Waals surface area contributed by atoms with Crippen molar-refractivity contribution in [3.63, 3.8) is 0 Å². The van der Waals surface area contributed by atoms with Crippen LogP contribution >= 0.6 is 15.9 Å². The van der Waals surface area contributed by atoms with Crippen LogP contribution in [0.5, 0.6) is 0 Å². The van der Waals surface area contributed by atoms with Crippen LogP contribution in [0.1, 0.15) is 32.2 Å². The van der Waals surface area contributed by atoms with E-state index in [0.29, 0.717) is 6.04 Å². The lowest BCUT2D eigenvalue weighted by Gasteiger charge is -2.18. The van der Waals surface area contributed by atoms with Gasteiger partial charge < -0.3 is 10.1 Å². The fraction of sp³-hybridized carbons (Fsp3) is 0.769. The Labute approximate surface area is 118 Å². The number of nitrogens with zero attached hydrogens (tertiary/aromatic N) is 2. The number of hydrogen-bond donors (Lipinski definition) is 1. The van der Waals surface area contributed by atoms with Gasteiger partial charge in [0.25, 0.3) is 0 Å². The summed E-state index contributed by atoms with van der Waals surface area (Å²) in [4.78, 5) is 0. The molecule has 0 radical (unpaired) electrons. The number of aryl methyl sites for hydroxylation is 2. The normalized spacial score (nSPS) is 12.9. The molecule has 18 heavy (non-hydrogen) atoms. The van der Waals surface area contributed by atoms with E-state index in [-0.39, 0.29) is 0 Å². The molecule has 0 aliphatic heterocycles. The van der Waals surface area contributed by atoms with Crippen molar-refractivity contribution in [3.05, 3.63) is 15.9 Å². The number of ether oxygens (including phenoxy) is 1. The van der Waals surface area contributed by atoms with Crippen molar-refractivity contribution in [2.24, 2.45) is 0 Å². The van der Waals surface area contributed by atoms with Gasteiger partial charge in [0.2, 0.25) is 0 Å². The summed E-state index contributed by atoms with van der Waals surface area (Å²) in [6, 6.07) is 0.340. The number of hydrogen-bond acceptors (Lipinski definition) is 3. The van der Waals surface area contributed by atoms with E-state index in [2.05, 4.69) is 44.9 Å². The maximum absolute atomic E-state index is 5.53. The first-order valence-electron chi connectivity index (χ1n) is 6.66. The zero-order valence-electron chi connectivity index (χ0n) is 11.8. The van der Waals surface area contributed by atoms with Crippen LogP contribution in [0, 0.1) is 6.92 Å². The molecule has 0 bridgehead atoms. The summed E-state index contributed by atoms with van der Waals surface area (Å²) < 4.78 is 8.73. The largest absolute Gasteiger partial charge is 0.380 e. The summed E-state index contributed by atoms with van der Waals surface area (Å²) in [5.41, 5.74) is 2.30. The molecule has 0 aliphatic carbocycles. The quantitative estimate of drug-likeness (QED) is 0.800. The van der Waals surface area contributed by atoms with Crippen molar-refractivity contribution in [1.82, 2.24) is 15.1 Å². The molecule has 0 fully saturated rings. The average Bonchev–Trinajstić information content (AvgIpc) is 2.63. The van der Waals surface area contributed by atoms with Gasteiger partial charge in [0.15, 0.2) is 0 Å². The summed E-state index contributed by atoms with van der Waals surface area (Å²) in [5, 5.41) is 7.99. The van der Waals surface area contributed by atoms with E-state index >= 15 is 0 Å². The van der Waals surface area contributed by atoms with Crippen molar-refractivity contribution in [2.75, 3.05) is 19.8 Å². The summed E-state index contributed by atoms with van der Waals surface area (Å²) >= 11 is 3.64. The smallest absolute Gasteiger partial charge is 0.0738 e. The third kappa shape index (κ3) is 4.07. The molecule has 0 aromatic carbocycles. The molecule has 0 aliphatic rings. The standard InChI is InChI=1S/C13H24BrN3O/c1-5-15-11(9-18-7-3)8-12-13(14)10(4)16-17(12)6-2/h11,15H,5-9H2,1-4H3. The zero-order chi connectivity index (χ0) is 13.5. The molecule has 4 nitrogen and oxygen atoms in total. The predicted molar refractivity (Wildman–Crippen MR) is 78.0 cm³/mol. The fourth-order valence-corrected chi connectivity index (χ4v) is 2.48. The van der Waals surface area contributed by atoms with Crippen molar-refractivity contribution < 1.29 is 4.74 Å². The summed E-state index contributed by atoms with van der Waals surface area (Å²) in [7, 11) is 0. The van der Waals surface area contributed by atoms with Crippen molar-refractivity contribution in [1.29, 1.82) is 0 Å². The Kier molecular flexibility index (Phi) is 6.89. The second-order valence-corrected chi connectivity index (χ2v) is 5.07. The first-order chi connectivity index (χ1) is 8.63. The molecule has 0 spiro atoms. The van der Waals surface area contributed by atoms with Gasteiger partial charge in [-0.25, -0.2) is 0 Å². The Morgan fingerprint density at radius 1 is 1.39 bits per heavy atom. The topological polar surface area (TPSA) is 39.1 Å². The minimum absolute atomic E-state index is 0.340. The highest BCUT2D eigenvalue weighted by Crippen LogP contribution is 2.22. The Morgan fingerprint density at radius 3 is 2.67 bits per heavy atom. The SMILES string of the molecule is CCNC(COCC)Cc1c(Br)c(C)nn1CC. The highest BCUT2D eigenvalue weighted by atomic mass is 79.9. The molecular formula is C13H24BrN3O. The summed E-state index contributed by atoms with van der Waals surface area (Å²) in [5.74, 6) is 0. The molecule has 1 heterocycles. The van der Waals surface area contributed by atoms with Crippen molar-refractivity contribution in [2.45, 2.75) is 46.7 Å². The highest BCUT2D eigenvalue weighted by molar-refractivity contribution is 9.10. The van der Waals surface area contributed by atoms with Crippen LogP contribution in [-0.2, 0) is 17.7 Å². The van der Waals surface area contributed by atoms with Gasteiger partial charge in [0, 0.05) is 25.6 Å². The van der Waals surface area contributed by atoms with Crippen LogP contribution in [0.2, 0.25) is 0 Å². The first kappa shape index (κ1) is 15.7. The van der Waals surface area contributed by atoms with Crippen LogP contribution in [0.3, 0.4) is 0 Å². The van der Waals surface area contributed by atoms with Gasteiger partial charge in [-0.15, -0.1) is 0 Å². The summed E-state index contributed by atoms with van der Waals surface area (Å²) in [6.07, 6.45) is 0.934. The van der Waals surface area contributed by atoms with Gasteiger partial charge in [-0.05, 0) is 43.2 Å². The van der Waals surface area contributed by atoms with E-state index in [4.69, 9.17) is 4.74 Å². The van der Waals surface area contributed by atoms with Crippen LogP contribution in [0.15, 0.2) is 4.47 Å². The molecule has 1 atom stereocenters. The maximum atomic E-state index is 5.53.